The highest BCUT2D eigenvalue weighted by molar-refractivity contribution is 6.14. The highest BCUT2D eigenvalue weighted by Crippen LogP contribution is 2.40. The Morgan fingerprint density at radius 3 is 1.57 bits per heavy atom. The molecule has 0 unspecified atom stereocenters. The zero-order chi connectivity index (χ0) is 26.8. The van der Waals surface area contributed by atoms with Gasteiger partial charge in [-0.15, -0.1) is 0 Å². The summed E-state index contributed by atoms with van der Waals surface area (Å²) in [5.74, 6) is 0. The van der Waals surface area contributed by atoms with E-state index in [1.54, 1.807) is 0 Å². The Bertz CT molecular complexity index is 2110. The van der Waals surface area contributed by atoms with Crippen LogP contribution in [-0.2, 0) is 0 Å². The van der Waals surface area contributed by atoms with E-state index in [1.165, 1.54) is 55.2 Å². The van der Waals surface area contributed by atoms with Crippen LogP contribution in [-0.4, -0.2) is 4.57 Å². The minimum absolute atomic E-state index is 0.910. The number of benzene rings is 6. The Labute approximate surface area is 232 Å². The third-order valence-electron chi connectivity index (χ3n) is 8.16. The number of furan rings is 1. The van der Waals surface area contributed by atoms with Gasteiger partial charge in [0.2, 0.25) is 0 Å². The van der Waals surface area contributed by atoms with Gasteiger partial charge in [-0.1, -0.05) is 102 Å². The molecule has 0 aliphatic heterocycles. The topological polar surface area (TPSA) is 18.1 Å². The summed E-state index contributed by atoms with van der Waals surface area (Å²) in [6.45, 7) is 4.26. The van der Waals surface area contributed by atoms with Crippen molar-refractivity contribution in [2.24, 2.45) is 0 Å². The van der Waals surface area contributed by atoms with Crippen molar-refractivity contribution in [2.75, 3.05) is 0 Å². The van der Waals surface area contributed by atoms with Gasteiger partial charge in [0.05, 0.1) is 16.7 Å². The van der Waals surface area contributed by atoms with Gasteiger partial charge in [-0.05, 0) is 72.5 Å². The van der Waals surface area contributed by atoms with Crippen molar-refractivity contribution in [2.45, 2.75) is 13.8 Å². The van der Waals surface area contributed by atoms with Gasteiger partial charge in [-0.3, -0.25) is 0 Å². The zero-order valence-corrected chi connectivity index (χ0v) is 22.5. The first-order valence-electron chi connectivity index (χ1n) is 13.8. The van der Waals surface area contributed by atoms with Crippen molar-refractivity contribution in [3.63, 3.8) is 0 Å². The molecule has 0 fully saturated rings. The maximum Gasteiger partial charge on any atom is 0.159 e. The second-order valence-corrected chi connectivity index (χ2v) is 10.8. The summed E-state index contributed by atoms with van der Waals surface area (Å²) < 4.78 is 8.86. The summed E-state index contributed by atoms with van der Waals surface area (Å²) in [6, 6.07) is 46.0. The molecule has 0 saturated carbocycles. The third kappa shape index (κ3) is 3.50. The van der Waals surface area contributed by atoms with Gasteiger partial charge in [0, 0.05) is 21.5 Å². The van der Waals surface area contributed by atoms with E-state index in [2.05, 4.69) is 134 Å². The molecule has 0 amide bonds. The summed E-state index contributed by atoms with van der Waals surface area (Å²) >= 11 is 0. The predicted molar refractivity (Wildman–Crippen MR) is 168 cm³/mol. The first-order chi connectivity index (χ1) is 19.6. The predicted octanol–water partition coefficient (Wildman–Crippen LogP) is 10.6. The van der Waals surface area contributed by atoms with Crippen molar-refractivity contribution in [1.29, 1.82) is 0 Å². The van der Waals surface area contributed by atoms with Gasteiger partial charge in [0.15, 0.2) is 5.58 Å². The smallest absolute Gasteiger partial charge is 0.159 e. The fourth-order valence-corrected chi connectivity index (χ4v) is 6.04. The van der Waals surface area contributed by atoms with Crippen LogP contribution in [0.25, 0.3) is 71.7 Å². The average molecular weight is 514 g/mol. The Balaban J connectivity index is 1.44. The molecular formula is C38H27NO. The first kappa shape index (κ1) is 22.9. The van der Waals surface area contributed by atoms with E-state index < -0.39 is 0 Å². The number of hydrogen-bond acceptors (Lipinski definition) is 1. The molecule has 2 heteroatoms. The van der Waals surface area contributed by atoms with E-state index in [4.69, 9.17) is 4.42 Å². The van der Waals surface area contributed by atoms with Crippen molar-refractivity contribution in [1.82, 2.24) is 4.57 Å². The Hall–Kier alpha value is -5.08. The maximum atomic E-state index is 6.49. The number of rotatable bonds is 3. The van der Waals surface area contributed by atoms with E-state index in [0.717, 1.165) is 27.6 Å². The lowest BCUT2D eigenvalue weighted by Gasteiger charge is -2.09. The van der Waals surface area contributed by atoms with Crippen molar-refractivity contribution >= 4 is 43.7 Å². The number of para-hydroxylation sites is 2. The van der Waals surface area contributed by atoms with E-state index >= 15 is 0 Å². The van der Waals surface area contributed by atoms with Gasteiger partial charge >= 0.3 is 0 Å². The summed E-state index contributed by atoms with van der Waals surface area (Å²) in [5, 5.41) is 4.74. The molecule has 0 bridgehead atoms. The minimum atomic E-state index is 0.910. The lowest BCUT2D eigenvalue weighted by Crippen LogP contribution is -1.94. The SMILES string of the molecule is Cc1ccc(-c2ccc3c(c2)c2cc(-c4ccc(C)cc4)ccc2n3-c2cccc3c2oc2ccccc23)cc1. The standard InChI is InChI=1S/C38H27NO/c1-24-10-14-26(15-11-24)28-18-20-34-32(22-28)33-23-29(27-16-12-25(2)13-17-27)19-21-35(33)39(34)36-8-5-7-31-30-6-3-4-9-37(30)40-38(31)36/h3-23H,1-2H3. The second-order valence-electron chi connectivity index (χ2n) is 10.8. The molecule has 0 N–H and O–H groups in total. The van der Waals surface area contributed by atoms with Crippen LogP contribution >= 0.6 is 0 Å². The Morgan fingerprint density at radius 2 is 0.975 bits per heavy atom. The normalized spacial score (nSPS) is 11.8. The molecule has 2 nitrogen and oxygen atoms in total. The molecule has 0 aliphatic rings. The van der Waals surface area contributed by atoms with Gasteiger partial charge in [0.1, 0.15) is 5.58 Å². The van der Waals surface area contributed by atoms with E-state index in [-0.39, 0.29) is 0 Å². The van der Waals surface area contributed by atoms with E-state index in [1.807, 2.05) is 12.1 Å². The lowest BCUT2D eigenvalue weighted by atomic mass is 9.99. The molecule has 40 heavy (non-hydrogen) atoms. The first-order valence-corrected chi connectivity index (χ1v) is 13.8. The fraction of sp³-hybridized carbons (Fsp3) is 0.0526. The minimum Gasteiger partial charge on any atom is -0.454 e. The molecule has 0 saturated heterocycles. The van der Waals surface area contributed by atoms with Gasteiger partial charge in [-0.2, -0.15) is 0 Å². The summed E-state index contributed by atoms with van der Waals surface area (Å²) in [4.78, 5) is 0. The molecule has 190 valence electrons. The molecule has 2 aromatic heterocycles. The summed E-state index contributed by atoms with van der Waals surface area (Å²) in [5.41, 5.74) is 12.6. The average Bonchev–Trinajstić information content (AvgIpc) is 3.53. The Morgan fingerprint density at radius 1 is 0.450 bits per heavy atom. The van der Waals surface area contributed by atoms with E-state index in [0.29, 0.717) is 0 Å². The van der Waals surface area contributed by atoms with Gasteiger partial charge in [-0.25, -0.2) is 0 Å². The van der Waals surface area contributed by atoms with Crippen LogP contribution in [0.15, 0.2) is 132 Å². The number of fused-ring (bicyclic) bond motifs is 6. The lowest BCUT2D eigenvalue weighted by molar-refractivity contribution is 0.666. The van der Waals surface area contributed by atoms with Crippen LogP contribution in [0.1, 0.15) is 11.1 Å². The van der Waals surface area contributed by atoms with Crippen LogP contribution in [0.4, 0.5) is 0 Å². The van der Waals surface area contributed by atoms with Crippen LogP contribution in [0.2, 0.25) is 0 Å². The maximum absolute atomic E-state index is 6.49. The highest BCUT2D eigenvalue weighted by Gasteiger charge is 2.18. The van der Waals surface area contributed by atoms with Gasteiger partial charge < -0.3 is 8.98 Å². The third-order valence-corrected chi connectivity index (χ3v) is 8.16. The Kier molecular flexibility index (Phi) is 4.99. The van der Waals surface area contributed by atoms with Crippen LogP contribution in [0, 0.1) is 13.8 Å². The number of nitrogens with zero attached hydrogens (tertiary/aromatic N) is 1. The van der Waals surface area contributed by atoms with Crippen LogP contribution in [0.5, 0.6) is 0 Å². The van der Waals surface area contributed by atoms with E-state index in [9.17, 15) is 0 Å². The summed E-state index contributed by atoms with van der Waals surface area (Å²) in [7, 11) is 0. The molecule has 8 aromatic rings. The number of aryl methyl sites for hydroxylation is 2. The van der Waals surface area contributed by atoms with Crippen molar-refractivity contribution in [3.8, 4) is 27.9 Å². The molecular weight excluding hydrogens is 486 g/mol. The molecule has 2 heterocycles. The van der Waals surface area contributed by atoms with Crippen LogP contribution in [0.3, 0.4) is 0 Å². The molecule has 0 spiro atoms. The molecule has 0 radical (unpaired) electrons. The number of aromatic nitrogens is 1. The van der Waals surface area contributed by atoms with Crippen molar-refractivity contribution < 1.29 is 4.42 Å². The highest BCUT2D eigenvalue weighted by atomic mass is 16.3. The molecule has 0 aliphatic carbocycles. The largest absolute Gasteiger partial charge is 0.454 e. The fourth-order valence-electron chi connectivity index (χ4n) is 6.04. The number of hydrogen-bond donors (Lipinski definition) is 0. The summed E-state index contributed by atoms with van der Waals surface area (Å²) in [6.07, 6.45) is 0. The van der Waals surface area contributed by atoms with Gasteiger partial charge in [0.25, 0.3) is 0 Å². The second kappa shape index (κ2) is 8.72. The van der Waals surface area contributed by atoms with Crippen LogP contribution < -0.4 is 0 Å². The molecule has 8 rings (SSSR count). The van der Waals surface area contributed by atoms with Crippen molar-refractivity contribution in [3.05, 3.63) is 139 Å². The quantitative estimate of drug-likeness (QED) is 0.230. The molecule has 0 atom stereocenters. The zero-order valence-electron chi connectivity index (χ0n) is 22.5. The monoisotopic (exact) mass is 513 g/mol. The molecule has 6 aromatic carbocycles.